The van der Waals surface area contributed by atoms with Gasteiger partial charge in [-0.2, -0.15) is 13.2 Å². The van der Waals surface area contributed by atoms with Gasteiger partial charge in [0.05, 0.1) is 44.0 Å². The highest BCUT2D eigenvalue weighted by atomic mass is 35.5. The Kier molecular flexibility index (Phi) is 10.4. The van der Waals surface area contributed by atoms with Crippen molar-refractivity contribution in [2.45, 2.75) is 38.6 Å². The lowest BCUT2D eigenvalue weighted by Gasteiger charge is -2.45. The van der Waals surface area contributed by atoms with Gasteiger partial charge in [0.15, 0.2) is 0 Å². The van der Waals surface area contributed by atoms with Crippen LogP contribution in [0, 0.1) is 5.82 Å². The fraction of sp³-hybridized carbons (Fsp3) is 0.375. The molecule has 3 aromatic carbocycles. The van der Waals surface area contributed by atoms with Gasteiger partial charge in [-0.3, -0.25) is 4.79 Å². The van der Waals surface area contributed by atoms with Gasteiger partial charge in [-0.25, -0.2) is 9.38 Å². The Labute approximate surface area is 265 Å². The van der Waals surface area contributed by atoms with Gasteiger partial charge in [-0.05, 0) is 50.2 Å². The van der Waals surface area contributed by atoms with E-state index in [1.165, 1.54) is 25.3 Å². The van der Waals surface area contributed by atoms with E-state index in [1.54, 1.807) is 31.9 Å². The Morgan fingerprint density at radius 1 is 0.956 bits per heavy atom. The number of para-hydroxylation sites is 1. The number of hydrogen-bond acceptors (Lipinski definition) is 8. The van der Waals surface area contributed by atoms with Crippen LogP contribution in [0.15, 0.2) is 65.7 Å². The fourth-order valence-corrected chi connectivity index (χ4v) is 5.55. The van der Waals surface area contributed by atoms with Gasteiger partial charge in [0.1, 0.15) is 23.0 Å². The first kappa shape index (κ1) is 33.7. The minimum Gasteiger partial charge on any atom is -0.497 e. The number of guanidine groups is 1. The van der Waals surface area contributed by atoms with Crippen LogP contribution in [0.3, 0.4) is 0 Å². The molecule has 45 heavy (non-hydrogen) atoms. The van der Waals surface area contributed by atoms with E-state index in [2.05, 4.69) is 4.90 Å². The summed E-state index contributed by atoms with van der Waals surface area (Å²) >= 11 is 0. The lowest BCUT2D eigenvalue weighted by Crippen LogP contribution is -2.55. The lowest BCUT2D eigenvalue weighted by molar-refractivity contribution is -0.147. The van der Waals surface area contributed by atoms with E-state index >= 15 is 4.39 Å². The van der Waals surface area contributed by atoms with E-state index in [4.69, 9.17) is 19.2 Å². The minimum atomic E-state index is -4.65. The van der Waals surface area contributed by atoms with E-state index in [0.717, 1.165) is 17.8 Å². The molecule has 242 valence electrons. The van der Waals surface area contributed by atoms with Gasteiger partial charge < -0.3 is 28.9 Å². The Morgan fingerprint density at radius 3 is 2.29 bits per heavy atom. The lowest BCUT2D eigenvalue weighted by atomic mass is 9.96. The second-order valence-corrected chi connectivity index (χ2v) is 10.8. The molecule has 13 heteroatoms. The average molecular weight is 651 g/mol. The number of benzene rings is 3. The molecule has 0 saturated carbocycles. The van der Waals surface area contributed by atoms with E-state index in [1.807, 2.05) is 29.2 Å². The Balaban J connectivity index is 0.00000461. The predicted molar refractivity (Wildman–Crippen MR) is 167 cm³/mol. The zero-order valence-electron chi connectivity index (χ0n) is 25.3. The van der Waals surface area contributed by atoms with Crippen LogP contribution in [-0.4, -0.2) is 63.3 Å². The van der Waals surface area contributed by atoms with Crippen LogP contribution in [0.1, 0.15) is 37.4 Å². The van der Waals surface area contributed by atoms with Crippen molar-refractivity contribution in [1.29, 1.82) is 0 Å². The molecule has 0 bridgehead atoms. The Morgan fingerprint density at radius 2 is 1.64 bits per heavy atom. The molecule has 1 saturated heterocycles. The molecule has 0 N–H and O–H groups in total. The summed E-state index contributed by atoms with van der Waals surface area (Å²) in [7, 11) is 2.95. The topological polar surface area (TPSA) is 66.8 Å². The zero-order valence-corrected chi connectivity index (χ0v) is 26.1. The zero-order chi connectivity index (χ0) is 31.6. The smallest absolute Gasteiger partial charge is 0.416 e. The van der Waals surface area contributed by atoms with Gasteiger partial charge in [0, 0.05) is 43.5 Å². The summed E-state index contributed by atoms with van der Waals surface area (Å²) in [6.07, 6.45) is -5.34. The molecule has 2 aliphatic rings. The third kappa shape index (κ3) is 7.22. The summed E-state index contributed by atoms with van der Waals surface area (Å²) in [6, 6.07) is 14.2. The van der Waals surface area contributed by atoms with Crippen molar-refractivity contribution >= 4 is 41.4 Å². The number of hydrogen-bond donors (Lipinski definition) is 0. The molecule has 0 amide bonds. The van der Waals surface area contributed by atoms with Gasteiger partial charge >= 0.3 is 12.1 Å². The Bertz CT molecular complexity index is 1540. The quantitative estimate of drug-likeness (QED) is 0.202. The highest BCUT2D eigenvalue weighted by Gasteiger charge is 2.40. The first-order valence-corrected chi connectivity index (χ1v) is 14.2. The number of piperazine rings is 1. The van der Waals surface area contributed by atoms with Crippen molar-refractivity contribution in [3.05, 3.63) is 77.6 Å². The summed E-state index contributed by atoms with van der Waals surface area (Å²) in [6.45, 7) is 5.33. The van der Waals surface area contributed by atoms with Gasteiger partial charge in [0.2, 0.25) is 5.96 Å². The molecule has 2 aliphatic heterocycles. The summed E-state index contributed by atoms with van der Waals surface area (Å²) in [5.41, 5.74) is 0.487. The van der Waals surface area contributed by atoms with Crippen LogP contribution in [0.5, 0.6) is 11.5 Å². The summed E-state index contributed by atoms with van der Waals surface area (Å²) in [5.74, 6) is -0.114. The summed E-state index contributed by atoms with van der Waals surface area (Å²) < 4.78 is 73.6. The molecule has 0 aliphatic carbocycles. The Hall–Kier alpha value is -4.19. The van der Waals surface area contributed by atoms with E-state index in [0.29, 0.717) is 37.5 Å². The van der Waals surface area contributed by atoms with E-state index in [9.17, 15) is 18.0 Å². The second kappa shape index (κ2) is 13.8. The number of carbonyl (C=O) groups excluding carboxylic acids is 1. The maximum absolute atomic E-state index is 15.3. The van der Waals surface area contributed by atoms with E-state index < -0.39 is 35.7 Å². The average Bonchev–Trinajstić information content (AvgIpc) is 3.00. The maximum atomic E-state index is 15.3. The maximum Gasteiger partial charge on any atom is 0.416 e. The largest absolute Gasteiger partial charge is 0.497 e. The molecule has 5 rings (SSSR count). The molecular weight excluding hydrogens is 616 g/mol. The molecule has 3 aromatic rings. The molecule has 0 unspecified atom stereocenters. The molecular formula is C32H35ClF4N4O4. The van der Waals surface area contributed by atoms with Crippen molar-refractivity contribution in [2.24, 2.45) is 4.99 Å². The van der Waals surface area contributed by atoms with Crippen LogP contribution >= 0.6 is 12.4 Å². The predicted octanol–water partition coefficient (Wildman–Crippen LogP) is 7.00. The number of rotatable bonds is 7. The van der Waals surface area contributed by atoms with Crippen molar-refractivity contribution in [1.82, 2.24) is 4.90 Å². The number of anilines is 2. The SMILES string of the molecule is COc1cccc(N2CCN(C3=Nc4c(F)cccc4[C@H](CC(=O)OC(C)C)N3c3cc(C(F)(F)F)ccc3OC)CC2)c1.Cl. The van der Waals surface area contributed by atoms with Crippen molar-refractivity contribution in [3.8, 4) is 11.5 Å². The third-order valence-corrected chi connectivity index (χ3v) is 7.59. The number of halogens is 5. The van der Waals surface area contributed by atoms with Gasteiger partial charge in [0.25, 0.3) is 0 Å². The number of carbonyl (C=O) groups is 1. The molecule has 0 radical (unpaired) electrons. The first-order valence-electron chi connectivity index (χ1n) is 14.2. The van der Waals surface area contributed by atoms with Crippen LogP contribution < -0.4 is 19.3 Å². The number of methoxy groups -OCH3 is 2. The first-order chi connectivity index (χ1) is 21.0. The number of alkyl halides is 3. The van der Waals surface area contributed by atoms with Gasteiger partial charge in [-0.15, -0.1) is 12.4 Å². The van der Waals surface area contributed by atoms with Crippen LogP contribution in [0.2, 0.25) is 0 Å². The molecule has 0 aromatic heterocycles. The molecule has 8 nitrogen and oxygen atoms in total. The number of aliphatic imine (C=N–C) groups is 1. The van der Waals surface area contributed by atoms with Crippen LogP contribution in [-0.2, 0) is 15.7 Å². The fourth-order valence-electron chi connectivity index (χ4n) is 5.55. The van der Waals surface area contributed by atoms with Crippen molar-refractivity contribution < 1.29 is 36.6 Å². The van der Waals surface area contributed by atoms with Crippen molar-refractivity contribution in [2.75, 3.05) is 50.2 Å². The third-order valence-electron chi connectivity index (χ3n) is 7.59. The normalized spacial score (nSPS) is 16.5. The molecule has 1 fully saturated rings. The van der Waals surface area contributed by atoms with Gasteiger partial charge in [-0.1, -0.05) is 18.2 Å². The summed E-state index contributed by atoms with van der Waals surface area (Å²) in [5, 5.41) is 0. The highest BCUT2D eigenvalue weighted by molar-refractivity contribution is 6.02. The highest BCUT2D eigenvalue weighted by Crippen LogP contribution is 2.46. The number of ether oxygens (including phenoxy) is 3. The number of fused-ring (bicyclic) bond motifs is 1. The monoisotopic (exact) mass is 650 g/mol. The van der Waals surface area contributed by atoms with Crippen molar-refractivity contribution in [3.63, 3.8) is 0 Å². The molecule has 1 atom stereocenters. The van der Waals surface area contributed by atoms with Crippen LogP contribution in [0.25, 0.3) is 0 Å². The number of nitrogens with zero attached hydrogens (tertiary/aromatic N) is 4. The summed E-state index contributed by atoms with van der Waals surface area (Å²) in [4.78, 5) is 23.4. The molecule has 0 spiro atoms. The van der Waals surface area contributed by atoms with E-state index in [-0.39, 0.29) is 41.9 Å². The second-order valence-electron chi connectivity index (χ2n) is 10.8. The minimum absolute atomic E-state index is 0. The standard InChI is InChI=1S/C32H34F4N4O4.ClH/c1-20(2)44-29(41)19-26-24-9-6-10-25(33)30(24)37-31(40(26)27-17-21(32(34,35)36)11-12-28(27)43-4)39-15-13-38(14-16-39)22-7-5-8-23(18-22)42-3;/h5-12,17-18,20,26H,13-16,19H2,1-4H3;1H/t26-;/m0./s1. The molecule has 2 heterocycles. The number of esters is 1. The van der Waals surface area contributed by atoms with Crippen LogP contribution in [0.4, 0.5) is 34.6 Å².